The minimum atomic E-state index is -0.534. The summed E-state index contributed by atoms with van der Waals surface area (Å²) in [5.74, 6) is -0.129. The lowest BCUT2D eigenvalue weighted by atomic mass is 9.93. The molecule has 0 aliphatic carbocycles. The van der Waals surface area contributed by atoms with E-state index in [9.17, 15) is 9.90 Å². The van der Waals surface area contributed by atoms with E-state index in [0.29, 0.717) is 22.9 Å². The van der Waals surface area contributed by atoms with Crippen molar-refractivity contribution in [2.45, 2.75) is 38.6 Å². The molecule has 106 valence electrons. The van der Waals surface area contributed by atoms with E-state index in [1.54, 1.807) is 18.2 Å². The standard InChI is InChI=1S/C14H19Cl2NO2/c1-3-14(4-2,9-18)17-13(19)8-10-5-6-11(15)12(16)7-10/h5-7,18H,3-4,8-9H2,1-2H3,(H,17,19). The Morgan fingerprint density at radius 3 is 2.37 bits per heavy atom. The first-order chi connectivity index (χ1) is 8.96. The van der Waals surface area contributed by atoms with E-state index < -0.39 is 5.54 Å². The van der Waals surface area contributed by atoms with Gasteiger partial charge in [0.05, 0.1) is 28.6 Å². The first kappa shape index (κ1) is 16.3. The van der Waals surface area contributed by atoms with Crippen molar-refractivity contribution in [1.82, 2.24) is 5.32 Å². The SMILES string of the molecule is CCC(CC)(CO)NC(=O)Cc1ccc(Cl)c(Cl)c1. The van der Waals surface area contributed by atoms with Crippen molar-refractivity contribution >= 4 is 29.1 Å². The topological polar surface area (TPSA) is 49.3 Å². The lowest BCUT2D eigenvalue weighted by Gasteiger charge is -2.30. The number of carbonyl (C=O) groups is 1. The van der Waals surface area contributed by atoms with Gasteiger partial charge in [0, 0.05) is 0 Å². The molecule has 1 aromatic carbocycles. The normalized spacial score (nSPS) is 11.4. The van der Waals surface area contributed by atoms with Gasteiger partial charge in [0.1, 0.15) is 0 Å². The molecule has 1 aromatic rings. The van der Waals surface area contributed by atoms with Crippen LogP contribution in [0.4, 0.5) is 0 Å². The summed E-state index contributed by atoms with van der Waals surface area (Å²) in [6.45, 7) is 3.82. The molecule has 1 amide bonds. The zero-order chi connectivity index (χ0) is 14.5. The summed E-state index contributed by atoms with van der Waals surface area (Å²) in [5.41, 5.74) is 0.263. The largest absolute Gasteiger partial charge is 0.394 e. The Labute approximate surface area is 123 Å². The maximum atomic E-state index is 12.0. The summed E-state index contributed by atoms with van der Waals surface area (Å²) in [4.78, 5) is 12.0. The van der Waals surface area contributed by atoms with Crippen LogP contribution in [0.5, 0.6) is 0 Å². The fraction of sp³-hybridized carbons (Fsp3) is 0.500. The van der Waals surface area contributed by atoms with Crippen LogP contribution >= 0.6 is 23.2 Å². The molecule has 0 radical (unpaired) electrons. The summed E-state index contributed by atoms with van der Waals surface area (Å²) in [5, 5.41) is 13.2. The monoisotopic (exact) mass is 303 g/mol. The predicted molar refractivity (Wildman–Crippen MR) is 78.7 cm³/mol. The van der Waals surface area contributed by atoms with Crippen LogP contribution in [0.2, 0.25) is 10.0 Å². The highest BCUT2D eigenvalue weighted by Crippen LogP contribution is 2.23. The van der Waals surface area contributed by atoms with E-state index in [2.05, 4.69) is 5.32 Å². The zero-order valence-electron chi connectivity index (χ0n) is 11.2. The highest BCUT2D eigenvalue weighted by molar-refractivity contribution is 6.42. The molecular formula is C14H19Cl2NO2. The van der Waals surface area contributed by atoms with Gasteiger partial charge in [-0.2, -0.15) is 0 Å². The lowest BCUT2D eigenvalue weighted by molar-refractivity contribution is -0.123. The van der Waals surface area contributed by atoms with Gasteiger partial charge in [0.15, 0.2) is 0 Å². The Bertz CT molecular complexity index is 437. The Hall–Kier alpha value is -0.770. The van der Waals surface area contributed by atoms with Crippen molar-refractivity contribution < 1.29 is 9.90 Å². The maximum absolute atomic E-state index is 12.0. The highest BCUT2D eigenvalue weighted by atomic mass is 35.5. The molecule has 0 aliphatic rings. The maximum Gasteiger partial charge on any atom is 0.224 e. The van der Waals surface area contributed by atoms with E-state index in [0.717, 1.165) is 5.56 Å². The smallest absolute Gasteiger partial charge is 0.224 e. The van der Waals surface area contributed by atoms with Gasteiger partial charge in [0.2, 0.25) is 5.91 Å². The average molecular weight is 304 g/mol. The number of halogens is 2. The molecule has 19 heavy (non-hydrogen) atoms. The van der Waals surface area contributed by atoms with E-state index in [4.69, 9.17) is 23.2 Å². The van der Waals surface area contributed by atoms with E-state index in [1.807, 2.05) is 13.8 Å². The van der Waals surface area contributed by atoms with Crippen LogP contribution in [0, 0.1) is 0 Å². The van der Waals surface area contributed by atoms with Crippen LogP contribution in [0.1, 0.15) is 32.3 Å². The molecule has 0 fully saturated rings. The second-order valence-corrected chi connectivity index (χ2v) is 5.43. The number of hydrogen-bond acceptors (Lipinski definition) is 2. The Balaban J connectivity index is 2.71. The van der Waals surface area contributed by atoms with Gasteiger partial charge in [0.25, 0.3) is 0 Å². The molecule has 0 spiro atoms. The third kappa shape index (κ3) is 4.37. The Kier molecular flexibility index (Phi) is 6.11. The minimum Gasteiger partial charge on any atom is -0.394 e. The minimum absolute atomic E-state index is 0.0624. The van der Waals surface area contributed by atoms with Gasteiger partial charge in [-0.1, -0.05) is 43.1 Å². The number of nitrogens with one attached hydrogen (secondary N) is 1. The van der Waals surface area contributed by atoms with Gasteiger partial charge in [-0.3, -0.25) is 4.79 Å². The van der Waals surface area contributed by atoms with Crippen LogP contribution in [-0.2, 0) is 11.2 Å². The van der Waals surface area contributed by atoms with Crippen molar-refractivity contribution in [3.05, 3.63) is 33.8 Å². The summed E-state index contributed by atoms with van der Waals surface area (Å²) in [7, 11) is 0. The van der Waals surface area contributed by atoms with E-state index >= 15 is 0 Å². The van der Waals surface area contributed by atoms with Gasteiger partial charge in [-0.25, -0.2) is 0 Å². The molecular weight excluding hydrogens is 285 g/mol. The molecule has 5 heteroatoms. The van der Waals surface area contributed by atoms with Crippen LogP contribution in [-0.4, -0.2) is 23.2 Å². The van der Waals surface area contributed by atoms with Crippen molar-refractivity contribution in [3.63, 3.8) is 0 Å². The third-order valence-corrected chi connectivity index (χ3v) is 4.15. The lowest BCUT2D eigenvalue weighted by Crippen LogP contribution is -2.51. The number of aliphatic hydroxyl groups is 1. The zero-order valence-corrected chi connectivity index (χ0v) is 12.7. The number of aliphatic hydroxyl groups excluding tert-OH is 1. The molecule has 0 aromatic heterocycles. The van der Waals surface area contributed by atoms with E-state index in [1.165, 1.54) is 0 Å². The van der Waals surface area contributed by atoms with Crippen LogP contribution in [0.15, 0.2) is 18.2 Å². The number of hydrogen-bond donors (Lipinski definition) is 2. The van der Waals surface area contributed by atoms with Gasteiger partial charge in [-0.15, -0.1) is 0 Å². The molecule has 0 unspecified atom stereocenters. The Morgan fingerprint density at radius 1 is 1.26 bits per heavy atom. The first-order valence-corrected chi connectivity index (χ1v) is 7.07. The first-order valence-electron chi connectivity index (χ1n) is 6.32. The van der Waals surface area contributed by atoms with Crippen LogP contribution in [0.3, 0.4) is 0 Å². The fourth-order valence-electron chi connectivity index (χ4n) is 1.86. The van der Waals surface area contributed by atoms with Crippen LogP contribution in [0.25, 0.3) is 0 Å². The summed E-state index contributed by atoms with van der Waals surface area (Å²) < 4.78 is 0. The van der Waals surface area contributed by atoms with Gasteiger partial charge >= 0.3 is 0 Å². The highest BCUT2D eigenvalue weighted by Gasteiger charge is 2.26. The van der Waals surface area contributed by atoms with Crippen molar-refractivity contribution in [1.29, 1.82) is 0 Å². The number of rotatable bonds is 6. The Morgan fingerprint density at radius 2 is 1.89 bits per heavy atom. The van der Waals surface area contributed by atoms with Crippen molar-refractivity contribution in [2.75, 3.05) is 6.61 Å². The third-order valence-electron chi connectivity index (χ3n) is 3.41. The predicted octanol–water partition coefficient (Wildman–Crippen LogP) is 3.20. The molecule has 0 aliphatic heterocycles. The number of amides is 1. The number of benzene rings is 1. The van der Waals surface area contributed by atoms with Crippen LogP contribution < -0.4 is 5.32 Å². The number of carbonyl (C=O) groups excluding carboxylic acids is 1. The second-order valence-electron chi connectivity index (χ2n) is 4.62. The second kappa shape index (κ2) is 7.13. The molecule has 0 atom stereocenters. The van der Waals surface area contributed by atoms with Gasteiger partial charge in [-0.05, 0) is 30.5 Å². The summed E-state index contributed by atoms with van der Waals surface area (Å²) >= 11 is 11.7. The molecule has 0 saturated heterocycles. The summed E-state index contributed by atoms with van der Waals surface area (Å²) in [6.07, 6.45) is 1.60. The molecule has 0 bridgehead atoms. The molecule has 3 nitrogen and oxygen atoms in total. The molecule has 1 rings (SSSR count). The van der Waals surface area contributed by atoms with Crippen molar-refractivity contribution in [2.24, 2.45) is 0 Å². The van der Waals surface area contributed by atoms with Gasteiger partial charge < -0.3 is 10.4 Å². The molecule has 0 saturated carbocycles. The van der Waals surface area contributed by atoms with Crippen molar-refractivity contribution in [3.8, 4) is 0 Å². The molecule has 2 N–H and O–H groups in total. The average Bonchev–Trinajstić information content (AvgIpc) is 2.40. The summed E-state index contributed by atoms with van der Waals surface area (Å²) in [6, 6.07) is 5.12. The molecule has 0 heterocycles. The fourth-order valence-corrected chi connectivity index (χ4v) is 2.19. The quantitative estimate of drug-likeness (QED) is 0.848. The van der Waals surface area contributed by atoms with E-state index in [-0.39, 0.29) is 18.9 Å².